The number of para-hydroxylation sites is 3. The van der Waals surface area contributed by atoms with E-state index in [4.69, 9.17) is 8.83 Å². The van der Waals surface area contributed by atoms with Crippen LogP contribution in [0, 0.1) is 0 Å². The predicted molar refractivity (Wildman–Crippen MR) is 278 cm³/mol. The molecule has 3 aliphatic rings. The van der Waals surface area contributed by atoms with E-state index in [2.05, 4.69) is 222 Å². The molecule has 66 heavy (non-hydrogen) atoms. The van der Waals surface area contributed by atoms with Gasteiger partial charge in [-0.2, -0.15) is 0 Å². The highest BCUT2D eigenvalue weighted by Crippen LogP contribution is 2.59. The number of anilines is 3. The molecule has 0 amide bonds. The minimum atomic E-state index is -2.23. The van der Waals surface area contributed by atoms with Gasteiger partial charge in [-0.15, -0.1) is 0 Å². The Balaban J connectivity index is 0.927. The van der Waals surface area contributed by atoms with Crippen LogP contribution in [-0.2, 0) is 10.8 Å². The summed E-state index contributed by atoms with van der Waals surface area (Å²) in [6.07, 6.45) is 0. The first-order chi connectivity index (χ1) is 32.0. The van der Waals surface area contributed by atoms with Crippen LogP contribution in [0.25, 0.3) is 88.4 Å². The maximum absolute atomic E-state index is 6.78. The molecule has 0 saturated carbocycles. The Bertz CT molecular complexity index is 3910. The Kier molecular flexibility index (Phi) is 7.41. The van der Waals surface area contributed by atoms with Gasteiger partial charge in [0.1, 0.15) is 30.4 Å². The van der Waals surface area contributed by atoms with E-state index in [-0.39, 0.29) is 10.8 Å². The van der Waals surface area contributed by atoms with Gasteiger partial charge in [0.2, 0.25) is 0 Å². The number of hydrogen-bond acceptors (Lipinski definition) is 3. The molecule has 4 heteroatoms. The average molecular weight is 866 g/mol. The minimum Gasteiger partial charge on any atom is -0.456 e. The Hall–Kier alpha value is -7.40. The molecule has 1 aliphatic heterocycles. The van der Waals surface area contributed by atoms with Crippen molar-refractivity contribution in [1.82, 2.24) is 0 Å². The van der Waals surface area contributed by atoms with Crippen molar-refractivity contribution in [1.29, 1.82) is 0 Å². The van der Waals surface area contributed by atoms with Crippen LogP contribution < -0.4 is 15.3 Å². The third-order valence-corrected chi connectivity index (χ3v) is 19.3. The molecule has 0 N–H and O–H groups in total. The van der Waals surface area contributed by atoms with E-state index >= 15 is 0 Å². The van der Waals surface area contributed by atoms with Gasteiger partial charge in [0.25, 0.3) is 0 Å². The van der Waals surface area contributed by atoms with E-state index in [0.29, 0.717) is 0 Å². The third-order valence-electron chi connectivity index (χ3n) is 15.8. The molecule has 0 unspecified atom stereocenters. The van der Waals surface area contributed by atoms with E-state index in [1.807, 2.05) is 0 Å². The van der Waals surface area contributed by atoms with E-state index in [1.165, 1.54) is 104 Å². The van der Waals surface area contributed by atoms with Gasteiger partial charge in [0, 0.05) is 55.0 Å². The molecule has 14 rings (SSSR count). The molecule has 2 aliphatic carbocycles. The Labute approximate surface area is 385 Å². The first-order valence-corrected chi connectivity index (χ1v) is 26.3. The first kappa shape index (κ1) is 37.9. The van der Waals surface area contributed by atoms with Gasteiger partial charge in [-0.1, -0.05) is 150 Å². The van der Waals surface area contributed by atoms with Crippen molar-refractivity contribution in [3.05, 3.63) is 198 Å². The molecule has 3 heterocycles. The summed E-state index contributed by atoms with van der Waals surface area (Å²) in [5, 5.41) is 7.75. The summed E-state index contributed by atoms with van der Waals surface area (Å²) in [6.45, 7) is 14.7. The number of benzene rings is 9. The van der Waals surface area contributed by atoms with Gasteiger partial charge < -0.3 is 13.7 Å². The first-order valence-electron chi connectivity index (χ1n) is 23.3. The molecule has 3 nitrogen and oxygen atoms in total. The van der Waals surface area contributed by atoms with Crippen molar-refractivity contribution in [3.63, 3.8) is 0 Å². The van der Waals surface area contributed by atoms with Crippen LogP contribution in [-0.4, -0.2) is 8.07 Å². The van der Waals surface area contributed by atoms with Crippen molar-refractivity contribution >= 4 is 79.4 Å². The third kappa shape index (κ3) is 4.87. The second kappa shape index (κ2) is 12.9. The molecule has 0 atom stereocenters. The lowest BCUT2D eigenvalue weighted by Gasteiger charge is -2.29. The SMILES string of the molecule is CC1(C)c2cc(N(c3ccccc3)c3ccc4c(c3)[Si](C)(C)c3cc(-c5ccccc5)c5oc6ccccc6c5c3-4)ccc2-c2cc3c(cc21)-c1c(ccc2oc4ccccc4c12)C3(C)C. The van der Waals surface area contributed by atoms with E-state index in [0.717, 1.165) is 33.7 Å². The highest BCUT2D eigenvalue weighted by molar-refractivity contribution is 7.04. The van der Waals surface area contributed by atoms with Gasteiger partial charge in [-0.25, -0.2) is 0 Å². The topological polar surface area (TPSA) is 29.5 Å². The van der Waals surface area contributed by atoms with Gasteiger partial charge >= 0.3 is 0 Å². The monoisotopic (exact) mass is 865 g/mol. The minimum absolute atomic E-state index is 0.160. The summed E-state index contributed by atoms with van der Waals surface area (Å²) in [6, 6.07) is 65.2. The number of furan rings is 2. The number of nitrogens with zero attached hydrogens (tertiary/aromatic N) is 1. The number of rotatable bonds is 4. The van der Waals surface area contributed by atoms with Crippen molar-refractivity contribution in [2.45, 2.75) is 51.6 Å². The lowest BCUT2D eigenvalue weighted by molar-refractivity contribution is 0.651. The van der Waals surface area contributed by atoms with Crippen molar-refractivity contribution in [3.8, 4) is 44.5 Å². The van der Waals surface area contributed by atoms with Crippen LogP contribution in [0.15, 0.2) is 185 Å². The van der Waals surface area contributed by atoms with Gasteiger partial charge in [0.15, 0.2) is 0 Å². The zero-order chi connectivity index (χ0) is 44.4. The van der Waals surface area contributed by atoms with Crippen LogP contribution in [0.3, 0.4) is 0 Å². The van der Waals surface area contributed by atoms with Crippen LogP contribution in [0.2, 0.25) is 13.1 Å². The maximum atomic E-state index is 6.78. The largest absolute Gasteiger partial charge is 0.456 e. The molecule has 0 spiro atoms. The number of fused-ring (bicyclic) bond motifs is 17. The quantitative estimate of drug-likeness (QED) is 0.165. The average Bonchev–Trinajstić information content (AvgIpc) is 4.08. The molecule has 0 radical (unpaired) electrons. The summed E-state index contributed by atoms with van der Waals surface area (Å²) in [5.74, 6) is 0. The summed E-state index contributed by atoms with van der Waals surface area (Å²) in [4.78, 5) is 2.48. The fraction of sp³-hybridized carbons (Fsp3) is 0.129. The molecule has 2 aromatic heterocycles. The molecule has 0 bridgehead atoms. The van der Waals surface area contributed by atoms with E-state index in [9.17, 15) is 0 Å². The second-order valence-corrected chi connectivity index (χ2v) is 24.8. The van der Waals surface area contributed by atoms with Crippen molar-refractivity contribution < 1.29 is 8.83 Å². The summed E-state index contributed by atoms with van der Waals surface area (Å²) in [7, 11) is -2.23. The zero-order valence-electron chi connectivity index (χ0n) is 38.0. The van der Waals surface area contributed by atoms with E-state index in [1.54, 1.807) is 0 Å². The smallest absolute Gasteiger partial charge is 0.143 e. The van der Waals surface area contributed by atoms with Gasteiger partial charge in [0.05, 0.1) is 0 Å². The highest BCUT2D eigenvalue weighted by Gasteiger charge is 2.44. The molecular weight excluding hydrogens is 819 g/mol. The molecule has 11 aromatic rings. The maximum Gasteiger partial charge on any atom is 0.143 e. The zero-order valence-corrected chi connectivity index (χ0v) is 39.0. The summed E-state index contributed by atoms with van der Waals surface area (Å²) >= 11 is 0. The second-order valence-electron chi connectivity index (χ2n) is 20.4. The Morgan fingerprint density at radius 2 is 0.985 bits per heavy atom. The Morgan fingerprint density at radius 3 is 1.74 bits per heavy atom. The van der Waals surface area contributed by atoms with Crippen molar-refractivity contribution in [2.24, 2.45) is 0 Å². The van der Waals surface area contributed by atoms with Crippen LogP contribution in [0.1, 0.15) is 49.9 Å². The molecule has 0 saturated heterocycles. The van der Waals surface area contributed by atoms with Crippen LogP contribution in [0.5, 0.6) is 0 Å². The molecular formula is C62H47NO2Si. The summed E-state index contributed by atoms with van der Waals surface area (Å²) in [5.41, 5.74) is 22.7. The molecule has 9 aromatic carbocycles. The van der Waals surface area contributed by atoms with Crippen LogP contribution >= 0.6 is 0 Å². The highest BCUT2D eigenvalue weighted by atomic mass is 28.3. The Morgan fingerprint density at radius 1 is 0.394 bits per heavy atom. The van der Waals surface area contributed by atoms with Crippen LogP contribution in [0.4, 0.5) is 17.1 Å². The lowest BCUT2D eigenvalue weighted by atomic mass is 9.79. The fourth-order valence-corrected chi connectivity index (χ4v) is 15.5. The molecule has 0 fully saturated rings. The number of hydrogen-bond donors (Lipinski definition) is 0. The van der Waals surface area contributed by atoms with Gasteiger partial charge in [-0.05, 0) is 138 Å². The van der Waals surface area contributed by atoms with Crippen molar-refractivity contribution in [2.75, 3.05) is 4.90 Å². The summed E-state index contributed by atoms with van der Waals surface area (Å²) < 4.78 is 13.2. The fourth-order valence-electron chi connectivity index (χ4n) is 12.5. The van der Waals surface area contributed by atoms with Gasteiger partial charge in [-0.3, -0.25) is 0 Å². The lowest BCUT2D eigenvalue weighted by Crippen LogP contribution is -2.49. The standard InChI is InChI=1S/C62H47NO2Si/c1-61(2)47-29-30-53-57(41-21-13-15-23-51(41)64-53)56(47)46-34-49-45(33-50(46)61)40-27-25-38(31-48(40)62(49,3)4)63(37-19-11-8-12-20-37)39-26-28-43-54(32-39)66(5,6)55-35-44(36-17-9-7-10-18-36)60-59(58(43)55)42-22-14-16-24-52(42)65-60/h7-35H,1-6H3. The molecule has 316 valence electrons. The predicted octanol–water partition coefficient (Wildman–Crippen LogP) is 16.0. The normalized spacial score (nSPS) is 15.5. The van der Waals surface area contributed by atoms with E-state index < -0.39 is 8.07 Å².